The molecule has 1 aromatic carbocycles. The van der Waals surface area contributed by atoms with Crippen molar-refractivity contribution in [2.45, 2.75) is 32.4 Å². The highest BCUT2D eigenvalue weighted by atomic mass is 16.5. The van der Waals surface area contributed by atoms with Gasteiger partial charge >= 0.3 is 0 Å². The van der Waals surface area contributed by atoms with Crippen molar-refractivity contribution < 1.29 is 14.6 Å². The van der Waals surface area contributed by atoms with Crippen molar-refractivity contribution in [3.05, 3.63) is 29.8 Å². The van der Waals surface area contributed by atoms with Crippen LogP contribution >= 0.6 is 0 Å². The molecule has 18 heavy (non-hydrogen) atoms. The third-order valence-corrected chi connectivity index (χ3v) is 2.80. The van der Waals surface area contributed by atoms with Crippen LogP contribution in [-0.2, 0) is 11.3 Å². The van der Waals surface area contributed by atoms with Crippen LogP contribution in [0.25, 0.3) is 0 Å². The van der Waals surface area contributed by atoms with E-state index in [0.29, 0.717) is 19.4 Å². The summed E-state index contributed by atoms with van der Waals surface area (Å²) in [7, 11) is 3.38. The summed E-state index contributed by atoms with van der Waals surface area (Å²) in [5, 5.41) is 9.16. The Bertz CT molecular complexity index is 390. The summed E-state index contributed by atoms with van der Waals surface area (Å²) in [6, 6.07) is 7.64. The Labute approximate surface area is 108 Å². The molecular weight excluding hydrogens is 230 g/mol. The van der Waals surface area contributed by atoms with E-state index in [0.717, 1.165) is 11.3 Å². The molecule has 1 rings (SSSR count). The van der Waals surface area contributed by atoms with Crippen molar-refractivity contribution in [2.75, 3.05) is 14.2 Å². The highest BCUT2D eigenvalue weighted by molar-refractivity contribution is 5.75. The molecule has 1 amide bonds. The molecule has 0 radical (unpaired) electrons. The van der Waals surface area contributed by atoms with Gasteiger partial charge in [0.25, 0.3) is 0 Å². The van der Waals surface area contributed by atoms with Crippen LogP contribution in [0.15, 0.2) is 24.3 Å². The number of ether oxygens (including phenoxy) is 1. The van der Waals surface area contributed by atoms with Crippen molar-refractivity contribution >= 4 is 5.91 Å². The summed E-state index contributed by atoms with van der Waals surface area (Å²) in [6.45, 7) is 2.20. The van der Waals surface area contributed by atoms with Gasteiger partial charge in [0.1, 0.15) is 5.75 Å². The molecule has 0 aliphatic carbocycles. The minimum absolute atomic E-state index is 0.0295. The number of para-hydroxylation sites is 1. The highest BCUT2D eigenvalue weighted by Gasteiger charge is 2.12. The molecule has 0 aliphatic rings. The van der Waals surface area contributed by atoms with Gasteiger partial charge in [0.15, 0.2) is 0 Å². The summed E-state index contributed by atoms with van der Waals surface area (Å²) >= 11 is 0. The number of rotatable bonds is 6. The van der Waals surface area contributed by atoms with Crippen molar-refractivity contribution in [2.24, 2.45) is 0 Å². The number of hydrogen-bond acceptors (Lipinski definition) is 3. The van der Waals surface area contributed by atoms with Gasteiger partial charge in [-0.05, 0) is 19.4 Å². The van der Waals surface area contributed by atoms with Crippen molar-refractivity contribution in [3.63, 3.8) is 0 Å². The smallest absolute Gasteiger partial charge is 0.222 e. The molecule has 0 saturated heterocycles. The average molecular weight is 251 g/mol. The van der Waals surface area contributed by atoms with Gasteiger partial charge in [0, 0.05) is 25.6 Å². The van der Waals surface area contributed by atoms with E-state index in [-0.39, 0.29) is 5.91 Å². The number of hydrogen-bond donors (Lipinski definition) is 1. The van der Waals surface area contributed by atoms with Gasteiger partial charge in [0.2, 0.25) is 5.91 Å². The summed E-state index contributed by atoms with van der Waals surface area (Å²) in [6.07, 6.45) is 0.423. The number of amides is 1. The number of carbonyl (C=O) groups is 1. The molecule has 0 bridgehead atoms. The molecule has 0 aliphatic heterocycles. The predicted octanol–water partition coefficient (Wildman–Crippen LogP) is 1.81. The largest absolute Gasteiger partial charge is 0.496 e. The number of aliphatic hydroxyl groups is 1. The number of benzene rings is 1. The van der Waals surface area contributed by atoms with Gasteiger partial charge in [-0.3, -0.25) is 4.79 Å². The van der Waals surface area contributed by atoms with Crippen LogP contribution in [0.5, 0.6) is 5.75 Å². The Kier molecular flexibility index (Phi) is 5.65. The molecule has 4 heteroatoms. The van der Waals surface area contributed by atoms with E-state index in [9.17, 15) is 4.79 Å². The van der Waals surface area contributed by atoms with Crippen molar-refractivity contribution in [3.8, 4) is 5.75 Å². The van der Waals surface area contributed by atoms with Gasteiger partial charge in [-0.25, -0.2) is 0 Å². The molecule has 1 aromatic rings. The Morgan fingerprint density at radius 2 is 2.11 bits per heavy atom. The maximum absolute atomic E-state index is 11.8. The minimum atomic E-state index is -0.436. The van der Waals surface area contributed by atoms with E-state index < -0.39 is 6.10 Å². The third kappa shape index (κ3) is 4.37. The van der Waals surface area contributed by atoms with Crippen LogP contribution in [0.1, 0.15) is 25.3 Å². The Hall–Kier alpha value is -1.55. The zero-order valence-corrected chi connectivity index (χ0v) is 11.2. The highest BCUT2D eigenvalue weighted by Crippen LogP contribution is 2.19. The standard InChI is InChI=1S/C14H21NO3/c1-11(16)8-9-14(17)15(2)10-12-6-4-5-7-13(12)18-3/h4-7,11,16H,8-10H2,1-3H3. The van der Waals surface area contributed by atoms with E-state index in [1.165, 1.54) is 0 Å². The second-order valence-corrected chi connectivity index (χ2v) is 4.45. The number of nitrogens with zero attached hydrogens (tertiary/aromatic N) is 1. The fourth-order valence-corrected chi connectivity index (χ4v) is 1.70. The van der Waals surface area contributed by atoms with Crippen LogP contribution in [0.4, 0.5) is 0 Å². The summed E-state index contributed by atoms with van der Waals surface area (Å²) < 4.78 is 5.25. The average Bonchev–Trinajstić information content (AvgIpc) is 2.36. The molecule has 1 unspecified atom stereocenters. The zero-order valence-electron chi connectivity index (χ0n) is 11.2. The zero-order chi connectivity index (χ0) is 13.5. The first-order chi connectivity index (χ1) is 8.54. The first kappa shape index (κ1) is 14.5. The topological polar surface area (TPSA) is 49.8 Å². The summed E-state index contributed by atoms with van der Waals surface area (Å²) in [5.74, 6) is 0.814. The van der Waals surface area contributed by atoms with Crippen LogP contribution in [0.2, 0.25) is 0 Å². The molecule has 4 nitrogen and oxygen atoms in total. The SMILES string of the molecule is COc1ccccc1CN(C)C(=O)CCC(C)O. The lowest BCUT2D eigenvalue weighted by molar-refractivity contribution is -0.131. The molecular formula is C14H21NO3. The summed E-state index contributed by atoms with van der Waals surface area (Å²) in [5.41, 5.74) is 0.980. The number of aliphatic hydroxyl groups excluding tert-OH is 1. The second-order valence-electron chi connectivity index (χ2n) is 4.45. The second kappa shape index (κ2) is 7.01. The van der Waals surface area contributed by atoms with E-state index in [1.807, 2.05) is 24.3 Å². The van der Waals surface area contributed by atoms with Crippen LogP contribution in [0.3, 0.4) is 0 Å². The Morgan fingerprint density at radius 1 is 1.44 bits per heavy atom. The quantitative estimate of drug-likeness (QED) is 0.839. The first-order valence-corrected chi connectivity index (χ1v) is 6.08. The molecule has 0 heterocycles. The Morgan fingerprint density at radius 3 is 2.72 bits per heavy atom. The van der Waals surface area contributed by atoms with E-state index >= 15 is 0 Å². The molecule has 0 saturated carbocycles. The van der Waals surface area contributed by atoms with E-state index in [4.69, 9.17) is 9.84 Å². The predicted molar refractivity (Wildman–Crippen MR) is 70.4 cm³/mol. The number of methoxy groups -OCH3 is 1. The lowest BCUT2D eigenvalue weighted by atomic mass is 10.1. The summed E-state index contributed by atoms with van der Waals surface area (Å²) in [4.78, 5) is 13.5. The molecule has 0 fully saturated rings. The van der Waals surface area contributed by atoms with E-state index in [1.54, 1.807) is 26.0 Å². The molecule has 0 aromatic heterocycles. The maximum atomic E-state index is 11.8. The molecule has 0 spiro atoms. The molecule has 100 valence electrons. The van der Waals surface area contributed by atoms with Gasteiger partial charge in [-0.2, -0.15) is 0 Å². The fourth-order valence-electron chi connectivity index (χ4n) is 1.70. The fraction of sp³-hybridized carbons (Fsp3) is 0.500. The maximum Gasteiger partial charge on any atom is 0.222 e. The third-order valence-electron chi connectivity index (χ3n) is 2.80. The minimum Gasteiger partial charge on any atom is -0.496 e. The lowest BCUT2D eigenvalue weighted by Crippen LogP contribution is -2.26. The molecule has 1 N–H and O–H groups in total. The van der Waals surface area contributed by atoms with Gasteiger partial charge in [0.05, 0.1) is 13.2 Å². The van der Waals surface area contributed by atoms with Crippen LogP contribution < -0.4 is 4.74 Å². The molecule has 1 atom stereocenters. The number of carbonyl (C=O) groups excluding carboxylic acids is 1. The Balaban J connectivity index is 2.58. The van der Waals surface area contributed by atoms with Gasteiger partial charge < -0.3 is 14.7 Å². The first-order valence-electron chi connectivity index (χ1n) is 6.08. The van der Waals surface area contributed by atoms with E-state index in [2.05, 4.69) is 0 Å². The van der Waals surface area contributed by atoms with Gasteiger partial charge in [-0.15, -0.1) is 0 Å². The van der Waals surface area contributed by atoms with Crippen molar-refractivity contribution in [1.29, 1.82) is 0 Å². The normalized spacial score (nSPS) is 12.0. The monoisotopic (exact) mass is 251 g/mol. The van der Waals surface area contributed by atoms with Crippen LogP contribution in [0, 0.1) is 0 Å². The van der Waals surface area contributed by atoms with Crippen molar-refractivity contribution in [1.82, 2.24) is 4.90 Å². The van der Waals surface area contributed by atoms with Gasteiger partial charge in [-0.1, -0.05) is 18.2 Å². The van der Waals surface area contributed by atoms with Crippen LogP contribution in [-0.4, -0.2) is 36.2 Å². The lowest BCUT2D eigenvalue weighted by Gasteiger charge is -2.19.